The maximum Gasteiger partial charge on any atom is 0.160 e. The van der Waals surface area contributed by atoms with Crippen LogP contribution in [0.1, 0.15) is 0 Å². The van der Waals surface area contributed by atoms with Crippen molar-refractivity contribution < 1.29 is 0 Å². The van der Waals surface area contributed by atoms with Gasteiger partial charge in [0.25, 0.3) is 0 Å². The molecule has 0 spiro atoms. The summed E-state index contributed by atoms with van der Waals surface area (Å²) in [6, 6.07) is 74.1. The van der Waals surface area contributed by atoms with Gasteiger partial charge in [0.2, 0.25) is 0 Å². The molecule has 0 bridgehead atoms. The molecule has 266 valence electrons. The Kier molecular flexibility index (Phi) is 8.04. The topological polar surface area (TPSA) is 25.8 Å². The summed E-state index contributed by atoms with van der Waals surface area (Å²) < 4.78 is 2.31. The standard InChI is InChI=1S/C54H34N2S/c1-4-16-35(17-5-1)41-28-30-43(47-24-12-10-22-45(41)47)38-32-39(44-31-29-42(36-18-6-2-7-19-36)46-23-11-13-25-48(44)46)34-40(33-38)54-55-51(37-20-8-3-9-21-37)53-52(56-54)49-26-14-15-27-50(49)57-53/h1-34H. The van der Waals surface area contributed by atoms with Crippen molar-refractivity contribution in [2.45, 2.75) is 0 Å². The first kappa shape index (κ1) is 33.2. The summed E-state index contributed by atoms with van der Waals surface area (Å²) in [5.74, 6) is 0.712. The zero-order valence-electron chi connectivity index (χ0n) is 30.9. The highest BCUT2D eigenvalue weighted by atomic mass is 32.1. The Balaban J connectivity index is 1.20. The fraction of sp³-hybridized carbons (Fsp3) is 0. The molecular weight excluding hydrogens is 709 g/mol. The normalized spacial score (nSPS) is 11.5. The van der Waals surface area contributed by atoms with E-state index in [0.29, 0.717) is 5.82 Å². The number of aromatic nitrogens is 2. The highest BCUT2D eigenvalue weighted by Gasteiger charge is 2.19. The molecule has 57 heavy (non-hydrogen) atoms. The number of rotatable bonds is 6. The number of hydrogen-bond acceptors (Lipinski definition) is 3. The van der Waals surface area contributed by atoms with Gasteiger partial charge in [-0.3, -0.25) is 0 Å². The summed E-state index contributed by atoms with van der Waals surface area (Å²) in [5, 5.41) is 6.01. The van der Waals surface area contributed by atoms with Crippen molar-refractivity contribution in [1.82, 2.24) is 9.97 Å². The highest BCUT2D eigenvalue weighted by molar-refractivity contribution is 7.26. The van der Waals surface area contributed by atoms with Gasteiger partial charge in [-0.25, -0.2) is 9.97 Å². The molecule has 0 aliphatic rings. The fourth-order valence-electron chi connectivity index (χ4n) is 8.42. The fourth-order valence-corrected chi connectivity index (χ4v) is 9.57. The number of fused-ring (bicyclic) bond motifs is 5. The Morgan fingerprint density at radius 3 is 1.18 bits per heavy atom. The molecule has 0 saturated carbocycles. The molecule has 0 amide bonds. The quantitative estimate of drug-likeness (QED) is 0.170. The van der Waals surface area contributed by atoms with E-state index in [1.54, 1.807) is 11.3 Å². The lowest BCUT2D eigenvalue weighted by Crippen LogP contribution is -1.95. The summed E-state index contributed by atoms with van der Waals surface area (Å²) in [5.41, 5.74) is 13.4. The molecule has 9 aromatic carbocycles. The van der Waals surface area contributed by atoms with Crippen LogP contribution in [0.15, 0.2) is 206 Å². The van der Waals surface area contributed by atoms with Crippen LogP contribution < -0.4 is 0 Å². The van der Waals surface area contributed by atoms with Crippen molar-refractivity contribution in [1.29, 1.82) is 0 Å². The van der Waals surface area contributed by atoms with Crippen LogP contribution in [-0.4, -0.2) is 9.97 Å². The van der Waals surface area contributed by atoms with E-state index in [0.717, 1.165) is 43.6 Å². The van der Waals surface area contributed by atoms with E-state index in [-0.39, 0.29) is 0 Å². The van der Waals surface area contributed by atoms with E-state index >= 15 is 0 Å². The molecule has 2 heterocycles. The van der Waals surface area contributed by atoms with Gasteiger partial charge in [-0.05, 0) is 90.3 Å². The summed E-state index contributed by atoms with van der Waals surface area (Å²) in [6.45, 7) is 0. The van der Waals surface area contributed by atoms with Crippen molar-refractivity contribution in [3.8, 4) is 67.2 Å². The average molecular weight is 743 g/mol. The average Bonchev–Trinajstić information content (AvgIpc) is 3.67. The van der Waals surface area contributed by atoms with Gasteiger partial charge in [0.05, 0.1) is 15.9 Å². The summed E-state index contributed by atoms with van der Waals surface area (Å²) in [6.07, 6.45) is 0. The van der Waals surface area contributed by atoms with Gasteiger partial charge in [-0.15, -0.1) is 11.3 Å². The summed E-state index contributed by atoms with van der Waals surface area (Å²) in [4.78, 5) is 10.9. The minimum atomic E-state index is 0.712. The van der Waals surface area contributed by atoms with Gasteiger partial charge in [0, 0.05) is 21.2 Å². The molecule has 3 heteroatoms. The van der Waals surface area contributed by atoms with Crippen LogP contribution in [0.2, 0.25) is 0 Å². The van der Waals surface area contributed by atoms with Gasteiger partial charge >= 0.3 is 0 Å². The lowest BCUT2D eigenvalue weighted by atomic mass is 9.88. The van der Waals surface area contributed by atoms with Crippen LogP contribution in [0.25, 0.3) is 109 Å². The van der Waals surface area contributed by atoms with Gasteiger partial charge in [-0.2, -0.15) is 0 Å². The maximum atomic E-state index is 5.44. The molecule has 0 N–H and O–H groups in total. The maximum absolute atomic E-state index is 5.44. The molecule has 0 aliphatic carbocycles. The van der Waals surface area contributed by atoms with Gasteiger partial charge < -0.3 is 0 Å². The third-order valence-electron chi connectivity index (χ3n) is 11.1. The van der Waals surface area contributed by atoms with Crippen LogP contribution in [0.5, 0.6) is 0 Å². The lowest BCUT2D eigenvalue weighted by Gasteiger charge is -2.17. The van der Waals surface area contributed by atoms with Crippen molar-refractivity contribution in [2.24, 2.45) is 0 Å². The number of nitrogens with zero attached hydrogens (tertiary/aromatic N) is 2. The van der Waals surface area contributed by atoms with Crippen molar-refractivity contribution in [3.63, 3.8) is 0 Å². The number of thiophene rings is 1. The predicted octanol–water partition coefficient (Wildman–Crippen LogP) is 15.2. The Bertz CT molecular complexity index is 3140. The molecule has 0 radical (unpaired) electrons. The van der Waals surface area contributed by atoms with Crippen LogP contribution in [0, 0.1) is 0 Å². The minimum Gasteiger partial charge on any atom is -0.226 e. The Morgan fingerprint density at radius 1 is 0.298 bits per heavy atom. The first-order valence-electron chi connectivity index (χ1n) is 19.3. The highest BCUT2D eigenvalue weighted by Crippen LogP contribution is 2.43. The first-order chi connectivity index (χ1) is 28.3. The van der Waals surface area contributed by atoms with E-state index in [4.69, 9.17) is 9.97 Å². The largest absolute Gasteiger partial charge is 0.226 e. The number of hydrogen-bond donors (Lipinski definition) is 0. The molecule has 2 nitrogen and oxygen atoms in total. The lowest BCUT2D eigenvalue weighted by molar-refractivity contribution is 1.24. The molecule has 11 aromatic rings. The first-order valence-corrected chi connectivity index (χ1v) is 20.1. The third-order valence-corrected chi connectivity index (χ3v) is 12.3. The number of benzene rings is 9. The summed E-state index contributed by atoms with van der Waals surface area (Å²) in [7, 11) is 0. The molecule has 11 rings (SSSR count). The second kappa shape index (κ2) is 13.8. The molecule has 0 atom stereocenters. The van der Waals surface area contributed by atoms with Crippen molar-refractivity contribution >= 4 is 53.2 Å². The van der Waals surface area contributed by atoms with Crippen LogP contribution in [0.4, 0.5) is 0 Å². The van der Waals surface area contributed by atoms with Gasteiger partial charge in [0.15, 0.2) is 5.82 Å². The molecule has 0 aliphatic heterocycles. The second-order valence-corrected chi connectivity index (χ2v) is 15.5. The van der Waals surface area contributed by atoms with E-state index < -0.39 is 0 Å². The van der Waals surface area contributed by atoms with Crippen molar-refractivity contribution in [3.05, 3.63) is 206 Å². The van der Waals surface area contributed by atoms with E-state index in [1.165, 1.54) is 59.6 Å². The Morgan fingerprint density at radius 2 is 0.684 bits per heavy atom. The molecule has 2 aromatic heterocycles. The summed E-state index contributed by atoms with van der Waals surface area (Å²) >= 11 is 1.76. The van der Waals surface area contributed by atoms with E-state index in [9.17, 15) is 0 Å². The zero-order valence-corrected chi connectivity index (χ0v) is 31.7. The van der Waals surface area contributed by atoms with E-state index in [1.807, 2.05) is 0 Å². The Hall–Kier alpha value is -7.20. The third kappa shape index (κ3) is 5.80. The van der Waals surface area contributed by atoms with E-state index in [2.05, 4.69) is 206 Å². The smallest absolute Gasteiger partial charge is 0.160 e. The molecule has 0 saturated heterocycles. The van der Waals surface area contributed by atoms with Crippen LogP contribution in [0.3, 0.4) is 0 Å². The predicted molar refractivity (Wildman–Crippen MR) is 243 cm³/mol. The second-order valence-electron chi connectivity index (χ2n) is 14.5. The molecular formula is C54H34N2S. The monoisotopic (exact) mass is 742 g/mol. The minimum absolute atomic E-state index is 0.712. The van der Waals surface area contributed by atoms with Gasteiger partial charge in [0.1, 0.15) is 0 Å². The Labute approximate surface area is 335 Å². The van der Waals surface area contributed by atoms with Crippen molar-refractivity contribution in [2.75, 3.05) is 0 Å². The van der Waals surface area contributed by atoms with Gasteiger partial charge in [-0.1, -0.05) is 182 Å². The zero-order chi connectivity index (χ0) is 37.7. The SMILES string of the molecule is c1ccc(-c2ccc(-c3cc(-c4nc(-c5ccccc5)c5sc6ccccc6c5n4)cc(-c4ccc(-c5ccccc5)c5ccccc45)c3)c3ccccc23)cc1. The van der Waals surface area contributed by atoms with Crippen LogP contribution >= 0.6 is 11.3 Å². The molecule has 0 unspecified atom stereocenters. The molecule has 0 fully saturated rings. The van der Waals surface area contributed by atoms with Crippen LogP contribution in [-0.2, 0) is 0 Å².